The molecule has 0 fully saturated rings. The van der Waals surface area contributed by atoms with Crippen LogP contribution in [-0.4, -0.2) is 21.1 Å². The van der Waals surface area contributed by atoms with Gasteiger partial charge in [-0.05, 0) is 6.16 Å². The van der Waals surface area contributed by atoms with Crippen molar-refractivity contribution < 1.29 is 74.1 Å². The molecule has 0 spiro atoms. The molecule has 0 bridgehead atoms. The molecule has 0 aromatic carbocycles. The number of aromatic nitrogens is 3. The molecular formula is C4H6N6Na2O3. The fraction of sp³-hybridized carbons (Fsp3) is 0. The molecule has 11 heteroatoms. The topological polar surface area (TPSA) is 180 Å². The van der Waals surface area contributed by atoms with E-state index in [4.69, 9.17) is 32.2 Å². The maximum atomic E-state index is 8.33. The second-order valence-electron chi connectivity index (χ2n) is 1.66. The predicted octanol–water partition coefficient (Wildman–Crippen LogP) is -9.82. The van der Waals surface area contributed by atoms with Crippen LogP contribution >= 0.6 is 0 Å². The van der Waals surface area contributed by atoms with E-state index in [1.165, 1.54) is 0 Å². The standard InChI is InChI=1S/C3H6N6.CH2O3.2Na/c4-1-7-2(5)9-3(6)8-1;2-1(3)4;;/h(H6,4,5,6,7,8,9);(H2,2,3,4);;/q;;2*+1/p-2. The van der Waals surface area contributed by atoms with Crippen LogP contribution in [0.5, 0.6) is 0 Å². The zero-order valence-corrected chi connectivity index (χ0v) is 12.3. The minimum Gasteiger partial charge on any atom is -0.652 e. The van der Waals surface area contributed by atoms with Gasteiger partial charge in [-0.3, -0.25) is 0 Å². The first-order valence-corrected chi connectivity index (χ1v) is 2.82. The number of carboxylic acid groups (broad SMARTS) is 2. The Morgan fingerprint density at radius 1 is 0.867 bits per heavy atom. The Balaban J connectivity index is -0.000000213. The van der Waals surface area contributed by atoms with Crippen molar-refractivity contribution in [2.75, 3.05) is 17.2 Å². The quantitative estimate of drug-likeness (QED) is 0.366. The van der Waals surface area contributed by atoms with E-state index in [2.05, 4.69) is 15.0 Å². The SMILES string of the molecule is Nc1nc(N)nc(N)n1.O=C([O-])[O-].[Na+].[Na+]. The zero-order chi connectivity index (χ0) is 10.4. The van der Waals surface area contributed by atoms with Crippen LogP contribution in [0.3, 0.4) is 0 Å². The summed E-state index contributed by atoms with van der Waals surface area (Å²) in [6.07, 6.45) is -2.33. The van der Waals surface area contributed by atoms with Crippen LogP contribution < -0.4 is 86.5 Å². The van der Waals surface area contributed by atoms with Crippen molar-refractivity contribution in [1.82, 2.24) is 15.0 Å². The molecule has 15 heavy (non-hydrogen) atoms. The Bertz CT molecular complexity index is 256. The largest absolute Gasteiger partial charge is 1.00 e. The summed E-state index contributed by atoms with van der Waals surface area (Å²) in [5.74, 6) is 0.125. The molecule has 1 aromatic heterocycles. The van der Waals surface area contributed by atoms with Gasteiger partial charge in [-0.1, -0.05) is 0 Å². The van der Waals surface area contributed by atoms with E-state index in [1.807, 2.05) is 0 Å². The molecule has 0 aliphatic heterocycles. The van der Waals surface area contributed by atoms with E-state index < -0.39 is 6.16 Å². The minimum absolute atomic E-state index is 0. The number of nitrogens with zero attached hydrogens (tertiary/aromatic N) is 3. The molecule has 72 valence electrons. The van der Waals surface area contributed by atoms with Gasteiger partial charge in [0.05, 0.1) is 0 Å². The molecule has 1 rings (SSSR count). The number of carbonyl (C=O) groups is 1. The number of nitrogens with two attached hydrogens (primary N) is 3. The first kappa shape index (κ1) is 20.1. The third-order valence-electron chi connectivity index (χ3n) is 0.687. The van der Waals surface area contributed by atoms with Crippen molar-refractivity contribution >= 4 is 24.0 Å². The fourth-order valence-electron chi connectivity index (χ4n) is 0.427. The predicted molar refractivity (Wildman–Crippen MR) is 38.5 cm³/mol. The van der Waals surface area contributed by atoms with Crippen molar-refractivity contribution in [3.63, 3.8) is 0 Å². The van der Waals surface area contributed by atoms with Gasteiger partial charge in [-0.25, -0.2) is 0 Å². The van der Waals surface area contributed by atoms with Crippen LogP contribution in [0.15, 0.2) is 0 Å². The number of hydrogen-bond donors (Lipinski definition) is 3. The van der Waals surface area contributed by atoms with Crippen LogP contribution in [0.4, 0.5) is 22.6 Å². The molecule has 0 atom stereocenters. The average Bonchev–Trinajstić information content (AvgIpc) is 1.80. The Kier molecular flexibility index (Phi) is 13.7. The normalized spacial score (nSPS) is 7.20. The molecule has 0 aliphatic carbocycles. The smallest absolute Gasteiger partial charge is 0.652 e. The van der Waals surface area contributed by atoms with Crippen LogP contribution in [-0.2, 0) is 0 Å². The first-order valence-electron chi connectivity index (χ1n) is 2.82. The Morgan fingerprint density at radius 3 is 1.13 bits per heavy atom. The molecule has 0 unspecified atom stereocenters. The van der Waals surface area contributed by atoms with E-state index in [9.17, 15) is 0 Å². The molecule has 1 heterocycles. The van der Waals surface area contributed by atoms with Crippen LogP contribution in [0, 0.1) is 0 Å². The van der Waals surface area contributed by atoms with E-state index in [0.717, 1.165) is 0 Å². The second kappa shape index (κ2) is 10.2. The van der Waals surface area contributed by atoms with Gasteiger partial charge in [0.1, 0.15) is 0 Å². The van der Waals surface area contributed by atoms with Gasteiger partial charge in [-0.2, -0.15) is 15.0 Å². The summed E-state index contributed by atoms with van der Waals surface area (Å²) in [6, 6.07) is 0. The van der Waals surface area contributed by atoms with Crippen molar-refractivity contribution in [2.45, 2.75) is 0 Å². The van der Waals surface area contributed by atoms with Crippen LogP contribution in [0.25, 0.3) is 0 Å². The minimum atomic E-state index is -2.33. The molecule has 1 aromatic rings. The van der Waals surface area contributed by atoms with Gasteiger partial charge in [0.15, 0.2) is 0 Å². The average molecular weight is 232 g/mol. The number of hydrogen-bond acceptors (Lipinski definition) is 9. The molecule has 0 aliphatic rings. The third kappa shape index (κ3) is 13.7. The Morgan fingerprint density at radius 2 is 1.00 bits per heavy atom. The molecule has 0 radical (unpaired) electrons. The Hall–Kier alpha value is -0.320. The van der Waals surface area contributed by atoms with Gasteiger partial charge in [0.2, 0.25) is 17.8 Å². The number of carbonyl (C=O) groups excluding carboxylic acids is 1. The first-order chi connectivity index (χ1) is 5.91. The summed E-state index contributed by atoms with van der Waals surface area (Å²) in [5, 5.41) is 16.7. The van der Waals surface area contributed by atoms with Crippen molar-refractivity contribution in [2.24, 2.45) is 0 Å². The van der Waals surface area contributed by atoms with Gasteiger partial charge in [-0.15, -0.1) is 0 Å². The van der Waals surface area contributed by atoms with Gasteiger partial charge >= 0.3 is 59.1 Å². The fourth-order valence-corrected chi connectivity index (χ4v) is 0.427. The third-order valence-corrected chi connectivity index (χ3v) is 0.687. The summed E-state index contributed by atoms with van der Waals surface area (Å²) in [6.45, 7) is 0. The summed E-state index contributed by atoms with van der Waals surface area (Å²) in [5.41, 5.74) is 15.4. The van der Waals surface area contributed by atoms with Gasteiger partial charge in [0.25, 0.3) is 0 Å². The number of nitrogen functional groups attached to an aromatic ring is 3. The van der Waals surface area contributed by atoms with E-state index >= 15 is 0 Å². The second-order valence-corrected chi connectivity index (χ2v) is 1.66. The molecule has 9 nitrogen and oxygen atoms in total. The Labute approximate surface area is 129 Å². The molecule has 0 saturated heterocycles. The number of anilines is 3. The summed E-state index contributed by atoms with van der Waals surface area (Å²) in [7, 11) is 0. The summed E-state index contributed by atoms with van der Waals surface area (Å²) >= 11 is 0. The maximum Gasteiger partial charge on any atom is 1.00 e. The molecule has 0 saturated carbocycles. The van der Waals surface area contributed by atoms with Gasteiger partial charge < -0.3 is 32.2 Å². The molecule has 0 amide bonds. The van der Waals surface area contributed by atoms with Crippen molar-refractivity contribution in [3.05, 3.63) is 0 Å². The zero-order valence-electron chi connectivity index (χ0n) is 8.30. The maximum absolute atomic E-state index is 8.33. The molecule has 6 N–H and O–H groups in total. The van der Waals surface area contributed by atoms with Crippen molar-refractivity contribution in [3.8, 4) is 0 Å². The molecular weight excluding hydrogens is 226 g/mol. The van der Waals surface area contributed by atoms with Crippen LogP contribution in [0.2, 0.25) is 0 Å². The van der Waals surface area contributed by atoms with Gasteiger partial charge in [0, 0.05) is 0 Å². The van der Waals surface area contributed by atoms with E-state index in [-0.39, 0.29) is 77.0 Å². The van der Waals surface area contributed by atoms with E-state index in [1.54, 1.807) is 0 Å². The summed E-state index contributed by atoms with van der Waals surface area (Å²) < 4.78 is 0. The number of rotatable bonds is 0. The van der Waals surface area contributed by atoms with Crippen molar-refractivity contribution in [1.29, 1.82) is 0 Å². The van der Waals surface area contributed by atoms with Crippen LogP contribution in [0.1, 0.15) is 0 Å². The van der Waals surface area contributed by atoms with E-state index in [0.29, 0.717) is 0 Å². The summed E-state index contributed by atoms with van der Waals surface area (Å²) in [4.78, 5) is 18.8. The monoisotopic (exact) mass is 232 g/mol.